The van der Waals surface area contributed by atoms with Crippen molar-refractivity contribution in [3.05, 3.63) is 17.3 Å². The Morgan fingerprint density at radius 3 is 2.88 bits per heavy atom. The zero-order chi connectivity index (χ0) is 12.8. The van der Waals surface area contributed by atoms with Crippen LogP contribution in [0.4, 0.5) is 11.5 Å². The smallest absolute Gasteiger partial charge is 0.144 e. The van der Waals surface area contributed by atoms with Crippen molar-refractivity contribution in [2.45, 2.75) is 26.3 Å². The average Bonchev–Trinajstić information content (AvgIpc) is 2.30. The molecule has 0 aliphatic carbocycles. The molecule has 96 valence electrons. The first-order valence-electron chi connectivity index (χ1n) is 5.89. The summed E-state index contributed by atoms with van der Waals surface area (Å²) in [6.45, 7) is 6.18. The van der Waals surface area contributed by atoms with Crippen molar-refractivity contribution < 1.29 is 0 Å². The number of nitrogens with one attached hydrogen (secondary N) is 1. The third kappa shape index (κ3) is 4.40. The lowest BCUT2D eigenvalue weighted by Gasteiger charge is -2.23. The lowest BCUT2D eigenvalue weighted by Crippen LogP contribution is -2.32. The lowest BCUT2D eigenvalue weighted by molar-refractivity contribution is 0.261. The second kappa shape index (κ2) is 6.67. The van der Waals surface area contributed by atoms with Crippen LogP contribution in [0.25, 0.3) is 0 Å². The van der Waals surface area contributed by atoms with E-state index < -0.39 is 0 Å². The van der Waals surface area contributed by atoms with Gasteiger partial charge in [0, 0.05) is 19.1 Å². The van der Waals surface area contributed by atoms with Crippen LogP contribution in [-0.2, 0) is 0 Å². The summed E-state index contributed by atoms with van der Waals surface area (Å²) in [7, 11) is 2.12. The van der Waals surface area contributed by atoms with Crippen LogP contribution in [0.2, 0.25) is 5.02 Å². The van der Waals surface area contributed by atoms with E-state index in [1.54, 1.807) is 12.3 Å². The minimum Gasteiger partial charge on any atom is -0.397 e. The molecule has 17 heavy (non-hydrogen) atoms. The Morgan fingerprint density at radius 2 is 2.29 bits per heavy atom. The molecule has 1 aromatic rings. The van der Waals surface area contributed by atoms with E-state index in [0.29, 0.717) is 22.6 Å². The molecule has 0 saturated carbocycles. The average molecular weight is 257 g/mol. The van der Waals surface area contributed by atoms with Gasteiger partial charge in [0.2, 0.25) is 0 Å². The number of nitrogens with two attached hydrogens (primary N) is 1. The number of aromatic nitrogens is 1. The van der Waals surface area contributed by atoms with Gasteiger partial charge in [-0.3, -0.25) is 0 Å². The summed E-state index contributed by atoms with van der Waals surface area (Å²) in [6.07, 6.45) is 2.75. The molecule has 1 atom stereocenters. The van der Waals surface area contributed by atoms with Gasteiger partial charge in [-0.15, -0.1) is 0 Å². The van der Waals surface area contributed by atoms with Crippen molar-refractivity contribution in [1.29, 1.82) is 0 Å². The van der Waals surface area contributed by atoms with E-state index in [1.165, 1.54) is 0 Å². The van der Waals surface area contributed by atoms with Crippen LogP contribution < -0.4 is 11.1 Å². The summed E-state index contributed by atoms with van der Waals surface area (Å²) >= 11 is 6.02. The van der Waals surface area contributed by atoms with Crippen LogP contribution in [0.1, 0.15) is 20.3 Å². The number of nitrogen functional groups attached to an aromatic ring is 1. The van der Waals surface area contributed by atoms with Crippen molar-refractivity contribution >= 4 is 23.1 Å². The van der Waals surface area contributed by atoms with E-state index in [2.05, 4.69) is 36.1 Å². The van der Waals surface area contributed by atoms with Crippen molar-refractivity contribution in [2.75, 3.05) is 31.2 Å². The fourth-order valence-electron chi connectivity index (χ4n) is 1.47. The summed E-state index contributed by atoms with van der Waals surface area (Å²) in [5, 5.41) is 3.78. The van der Waals surface area contributed by atoms with E-state index in [0.717, 1.165) is 19.5 Å². The van der Waals surface area contributed by atoms with E-state index in [-0.39, 0.29) is 0 Å². The highest BCUT2D eigenvalue weighted by atomic mass is 35.5. The Kier molecular flexibility index (Phi) is 5.51. The molecule has 0 amide bonds. The molecule has 1 unspecified atom stereocenters. The maximum Gasteiger partial charge on any atom is 0.144 e. The number of anilines is 2. The topological polar surface area (TPSA) is 54.2 Å². The summed E-state index contributed by atoms with van der Waals surface area (Å²) in [5.74, 6) is 0.693. The first kappa shape index (κ1) is 14.1. The number of nitrogens with zero attached hydrogens (tertiary/aromatic N) is 2. The molecular formula is C12H21ClN4. The van der Waals surface area contributed by atoms with Gasteiger partial charge in [-0.25, -0.2) is 4.98 Å². The molecule has 1 aromatic heterocycles. The maximum absolute atomic E-state index is 6.02. The van der Waals surface area contributed by atoms with Crippen LogP contribution in [0, 0.1) is 0 Å². The van der Waals surface area contributed by atoms with Crippen LogP contribution in [0.15, 0.2) is 12.3 Å². The van der Waals surface area contributed by atoms with Gasteiger partial charge in [0.1, 0.15) is 5.82 Å². The molecule has 0 spiro atoms. The van der Waals surface area contributed by atoms with E-state index in [4.69, 9.17) is 17.3 Å². The summed E-state index contributed by atoms with van der Waals surface area (Å²) < 4.78 is 0. The van der Waals surface area contributed by atoms with Gasteiger partial charge in [-0.2, -0.15) is 0 Å². The highest BCUT2D eigenvalue weighted by molar-refractivity contribution is 6.33. The van der Waals surface area contributed by atoms with Crippen LogP contribution >= 0.6 is 11.6 Å². The zero-order valence-electron chi connectivity index (χ0n) is 10.7. The van der Waals surface area contributed by atoms with Crippen molar-refractivity contribution in [3.63, 3.8) is 0 Å². The summed E-state index contributed by atoms with van der Waals surface area (Å²) in [6, 6.07) is 2.29. The first-order valence-corrected chi connectivity index (χ1v) is 6.27. The number of likely N-dealkylation sites (N-methyl/N-ethyl adjacent to an activating group) is 1. The number of hydrogen-bond acceptors (Lipinski definition) is 4. The number of pyridine rings is 1. The Hall–Kier alpha value is -1.00. The normalized spacial score (nSPS) is 12.8. The predicted octanol–water partition coefficient (Wildman–Crippen LogP) is 2.46. The van der Waals surface area contributed by atoms with Gasteiger partial charge in [0.05, 0.1) is 16.9 Å². The highest BCUT2D eigenvalue weighted by Gasteiger charge is 2.06. The van der Waals surface area contributed by atoms with Crippen molar-refractivity contribution in [3.8, 4) is 0 Å². The van der Waals surface area contributed by atoms with E-state index >= 15 is 0 Å². The summed E-state index contributed by atoms with van der Waals surface area (Å²) in [4.78, 5) is 6.46. The molecule has 0 fully saturated rings. The quantitative estimate of drug-likeness (QED) is 0.821. The Morgan fingerprint density at radius 1 is 1.59 bits per heavy atom. The van der Waals surface area contributed by atoms with Gasteiger partial charge in [0.15, 0.2) is 0 Å². The molecule has 0 aliphatic rings. The van der Waals surface area contributed by atoms with Crippen LogP contribution in [0.3, 0.4) is 0 Å². The minimum atomic E-state index is 0.566. The Balaban J connectivity index is 2.40. The molecular weight excluding hydrogens is 236 g/mol. The molecule has 0 aliphatic heterocycles. The maximum atomic E-state index is 6.02. The Bertz CT molecular complexity index is 356. The standard InChI is InChI=1S/C12H21ClN4/c1-4-9(2)17(3)6-5-15-12-11(13)7-10(14)8-16-12/h7-9H,4-6,14H2,1-3H3,(H,15,16). The second-order valence-corrected chi connectivity index (χ2v) is 4.67. The molecule has 1 heterocycles. The number of halogens is 1. The van der Waals surface area contributed by atoms with E-state index in [1.807, 2.05) is 0 Å². The lowest BCUT2D eigenvalue weighted by atomic mass is 10.2. The molecule has 0 saturated heterocycles. The SMILES string of the molecule is CCC(C)N(C)CCNc1ncc(N)cc1Cl. The largest absolute Gasteiger partial charge is 0.397 e. The molecule has 4 nitrogen and oxygen atoms in total. The highest BCUT2D eigenvalue weighted by Crippen LogP contribution is 2.20. The molecule has 0 bridgehead atoms. The first-order chi connectivity index (χ1) is 8.04. The molecule has 1 rings (SSSR count). The summed E-state index contributed by atoms with van der Waals surface area (Å²) in [5.41, 5.74) is 6.16. The fourth-order valence-corrected chi connectivity index (χ4v) is 1.71. The van der Waals surface area contributed by atoms with Crippen LogP contribution in [-0.4, -0.2) is 36.1 Å². The van der Waals surface area contributed by atoms with Crippen LogP contribution in [0.5, 0.6) is 0 Å². The third-order valence-electron chi connectivity index (χ3n) is 2.96. The Labute approximate surface area is 108 Å². The fraction of sp³-hybridized carbons (Fsp3) is 0.583. The van der Waals surface area contributed by atoms with E-state index in [9.17, 15) is 0 Å². The van der Waals surface area contributed by atoms with Gasteiger partial charge < -0.3 is 16.0 Å². The third-order valence-corrected chi connectivity index (χ3v) is 3.25. The molecule has 0 aromatic carbocycles. The molecule has 3 N–H and O–H groups in total. The monoisotopic (exact) mass is 256 g/mol. The molecule has 5 heteroatoms. The van der Waals surface area contributed by atoms with Gasteiger partial charge in [-0.1, -0.05) is 18.5 Å². The van der Waals surface area contributed by atoms with Gasteiger partial charge >= 0.3 is 0 Å². The number of rotatable bonds is 6. The van der Waals surface area contributed by atoms with Gasteiger partial charge in [0.25, 0.3) is 0 Å². The molecule has 0 radical (unpaired) electrons. The minimum absolute atomic E-state index is 0.566. The van der Waals surface area contributed by atoms with Crippen molar-refractivity contribution in [2.24, 2.45) is 0 Å². The van der Waals surface area contributed by atoms with Gasteiger partial charge in [-0.05, 0) is 26.5 Å². The second-order valence-electron chi connectivity index (χ2n) is 4.26. The predicted molar refractivity (Wildman–Crippen MR) is 74.5 cm³/mol. The van der Waals surface area contributed by atoms with Crippen molar-refractivity contribution in [1.82, 2.24) is 9.88 Å². The number of hydrogen-bond donors (Lipinski definition) is 2. The zero-order valence-corrected chi connectivity index (χ0v) is 11.5.